The van der Waals surface area contributed by atoms with Gasteiger partial charge < -0.3 is 11.1 Å². The molecule has 0 aliphatic heterocycles. The van der Waals surface area contributed by atoms with E-state index < -0.39 is 5.91 Å². The summed E-state index contributed by atoms with van der Waals surface area (Å²) in [5.41, 5.74) is 7.07. The molecule has 1 aromatic heterocycles. The predicted molar refractivity (Wildman–Crippen MR) is 87.0 cm³/mol. The normalized spacial score (nSPS) is 10.5. The van der Waals surface area contributed by atoms with E-state index in [2.05, 4.69) is 10.3 Å². The van der Waals surface area contributed by atoms with Crippen LogP contribution in [0.5, 0.6) is 0 Å². The smallest absolute Gasteiger partial charge is 0.234 e. The van der Waals surface area contributed by atoms with Gasteiger partial charge in [-0.05, 0) is 17.7 Å². The summed E-state index contributed by atoms with van der Waals surface area (Å²) in [6.45, 7) is 0.979. The second-order valence-electron chi connectivity index (χ2n) is 5.19. The zero-order chi connectivity index (χ0) is 16.5. The lowest BCUT2D eigenvalue weighted by molar-refractivity contribution is -0.124. The third-order valence-corrected chi connectivity index (χ3v) is 3.19. The van der Waals surface area contributed by atoms with Gasteiger partial charge in [-0.3, -0.25) is 19.5 Å². The van der Waals surface area contributed by atoms with E-state index in [1.54, 1.807) is 11.1 Å². The topological polar surface area (TPSA) is 88.3 Å². The van der Waals surface area contributed by atoms with Crippen LogP contribution in [0.2, 0.25) is 0 Å². The molecule has 0 fully saturated rings. The van der Waals surface area contributed by atoms with Crippen molar-refractivity contribution in [3.8, 4) is 0 Å². The van der Waals surface area contributed by atoms with E-state index in [-0.39, 0.29) is 19.0 Å². The number of benzene rings is 1. The molecule has 23 heavy (non-hydrogen) atoms. The van der Waals surface area contributed by atoms with Crippen LogP contribution in [0.3, 0.4) is 0 Å². The van der Waals surface area contributed by atoms with Gasteiger partial charge in [0.15, 0.2) is 0 Å². The molecule has 0 radical (unpaired) electrons. The van der Waals surface area contributed by atoms with E-state index in [9.17, 15) is 9.59 Å². The van der Waals surface area contributed by atoms with Crippen molar-refractivity contribution in [1.29, 1.82) is 0 Å². The first-order valence-electron chi connectivity index (χ1n) is 7.34. The van der Waals surface area contributed by atoms with Crippen molar-refractivity contribution in [2.45, 2.75) is 13.1 Å². The highest BCUT2D eigenvalue weighted by atomic mass is 16.2. The fraction of sp³-hybridized carbons (Fsp3) is 0.235. The molecule has 120 valence electrons. The molecule has 6 heteroatoms. The summed E-state index contributed by atoms with van der Waals surface area (Å²) in [6.07, 6.45) is 1.68. The lowest BCUT2D eigenvalue weighted by atomic mass is 10.2. The summed E-state index contributed by atoms with van der Waals surface area (Å²) in [7, 11) is 0. The molecule has 3 N–H and O–H groups in total. The van der Waals surface area contributed by atoms with Crippen LogP contribution in [0.4, 0.5) is 0 Å². The second kappa shape index (κ2) is 8.65. The number of pyridine rings is 1. The van der Waals surface area contributed by atoms with Crippen LogP contribution in [-0.2, 0) is 22.7 Å². The molecule has 0 aliphatic rings. The number of carbonyl (C=O) groups is 2. The molecule has 2 rings (SSSR count). The summed E-state index contributed by atoms with van der Waals surface area (Å²) in [5, 5.41) is 2.79. The first-order valence-corrected chi connectivity index (χ1v) is 7.34. The first-order chi connectivity index (χ1) is 11.1. The molecule has 0 bridgehead atoms. The number of carbonyl (C=O) groups excluding carboxylic acids is 2. The number of nitrogens with zero attached hydrogens (tertiary/aromatic N) is 2. The number of nitrogens with two attached hydrogens (primary N) is 1. The monoisotopic (exact) mass is 312 g/mol. The Balaban J connectivity index is 1.88. The van der Waals surface area contributed by atoms with Crippen LogP contribution in [0.15, 0.2) is 54.7 Å². The maximum absolute atomic E-state index is 12.1. The first kappa shape index (κ1) is 16.6. The maximum Gasteiger partial charge on any atom is 0.234 e. The second-order valence-corrected chi connectivity index (χ2v) is 5.19. The summed E-state index contributed by atoms with van der Waals surface area (Å²) in [6, 6.07) is 15.2. The number of nitrogens with one attached hydrogen (secondary N) is 1. The SMILES string of the molecule is NC(=O)CN(CC(=O)NCc1ccccn1)Cc1ccccc1. The average Bonchev–Trinajstić information content (AvgIpc) is 2.54. The molecule has 6 nitrogen and oxygen atoms in total. The van der Waals surface area contributed by atoms with Gasteiger partial charge in [0.2, 0.25) is 11.8 Å². The zero-order valence-corrected chi connectivity index (χ0v) is 12.8. The third-order valence-electron chi connectivity index (χ3n) is 3.19. The van der Waals surface area contributed by atoms with Crippen LogP contribution in [0.1, 0.15) is 11.3 Å². The predicted octanol–water partition coefficient (Wildman–Crippen LogP) is 0.685. The van der Waals surface area contributed by atoms with Gasteiger partial charge in [-0.15, -0.1) is 0 Å². The van der Waals surface area contributed by atoms with Crippen molar-refractivity contribution < 1.29 is 9.59 Å². The number of primary amides is 1. The molecule has 0 unspecified atom stereocenters. The molecule has 0 saturated heterocycles. The van der Waals surface area contributed by atoms with Crippen molar-refractivity contribution in [1.82, 2.24) is 15.2 Å². The Morgan fingerprint density at radius 2 is 1.78 bits per heavy atom. The van der Waals surface area contributed by atoms with Crippen LogP contribution in [0.25, 0.3) is 0 Å². The highest BCUT2D eigenvalue weighted by Gasteiger charge is 2.13. The molecule has 2 aromatic rings. The van der Waals surface area contributed by atoms with Gasteiger partial charge in [0.1, 0.15) is 0 Å². The Kier molecular flexibility index (Phi) is 6.26. The highest BCUT2D eigenvalue weighted by molar-refractivity contribution is 5.80. The molecular formula is C17H20N4O2. The zero-order valence-electron chi connectivity index (χ0n) is 12.8. The van der Waals surface area contributed by atoms with Crippen LogP contribution >= 0.6 is 0 Å². The molecule has 1 heterocycles. The Labute approximate surface area is 135 Å². The number of rotatable bonds is 8. The molecular weight excluding hydrogens is 292 g/mol. The van der Waals surface area contributed by atoms with Crippen LogP contribution in [0, 0.1) is 0 Å². The molecule has 1 aromatic carbocycles. The third kappa shape index (κ3) is 6.27. The molecule has 0 aliphatic carbocycles. The van der Waals surface area contributed by atoms with Gasteiger partial charge in [-0.1, -0.05) is 36.4 Å². The quantitative estimate of drug-likeness (QED) is 0.750. The fourth-order valence-corrected chi connectivity index (χ4v) is 2.18. The summed E-state index contributed by atoms with van der Waals surface area (Å²) in [5.74, 6) is -0.633. The van der Waals surface area contributed by atoms with E-state index >= 15 is 0 Å². The Bertz CT molecular complexity index is 632. The van der Waals surface area contributed by atoms with Crippen LogP contribution in [-0.4, -0.2) is 34.8 Å². The fourth-order valence-electron chi connectivity index (χ4n) is 2.18. The molecule has 0 atom stereocenters. The largest absolute Gasteiger partial charge is 0.369 e. The van der Waals surface area contributed by atoms with E-state index in [4.69, 9.17) is 5.73 Å². The Morgan fingerprint density at radius 3 is 2.43 bits per heavy atom. The van der Waals surface area contributed by atoms with Crippen molar-refractivity contribution in [3.05, 3.63) is 66.0 Å². The van der Waals surface area contributed by atoms with E-state index in [1.165, 1.54) is 0 Å². The highest BCUT2D eigenvalue weighted by Crippen LogP contribution is 2.04. The number of aromatic nitrogens is 1. The standard InChI is InChI=1S/C17H20N4O2/c18-16(22)12-21(11-14-6-2-1-3-7-14)13-17(23)20-10-15-8-4-5-9-19-15/h1-9H,10-13H2,(H2,18,22)(H,20,23). The number of hydrogen-bond donors (Lipinski definition) is 2. The maximum atomic E-state index is 12.1. The lowest BCUT2D eigenvalue weighted by Gasteiger charge is -2.20. The minimum absolute atomic E-state index is 0.0336. The van der Waals surface area contributed by atoms with Crippen molar-refractivity contribution in [3.63, 3.8) is 0 Å². The van der Waals surface area contributed by atoms with E-state index in [0.29, 0.717) is 13.1 Å². The number of hydrogen-bond acceptors (Lipinski definition) is 4. The lowest BCUT2D eigenvalue weighted by Crippen LogP contribution is -2.41. The summed E-state index contributed by atoms with van der Waals surface area (Å²) >= 11 is 0. The minimum atomic E-state index is -0.460. The van der Waals surface area contributed by atoms with Crippen LogP contribution < -0.4 is 11.1 Å². The van der Waals surface area contributed by atoms with Gasteiger partial charge in [-0.25, -0.2) is 0 Å². The van der Waals surface area contributed by atoms with Crippen molar-refractivity contribution in [2.75, 3.05) is 13.1 Å². The van der Waals surface area contributed by atoms with Gasteiger partial charge >= 0.3 is 0 Å². The molecule has 2 amide bonds. The summed E-state index contributed by atoms with van der Waals surface area (Å²) < 4.78 is 0. The van der Waals surface area contributed by atoms with Crippen molar-refractivity contribution >= 4 is 11.8 Å². The minimum Gasteiger partial charge on any atom is -0.369 e. The molecule has 0 saturated carbocycles. The molecule has 0 spiro atoms. The Hall–Kier alpha value is -2.73. The van der Waals surface area contributed by atoms with Gasteiger partial charge in [0.25, 0.3) is 0 Å². The summed E-state index contributed by atoms with van der Waals surface area (Å²) in [4.78, 5) is 29.1. The van der Waals surface area contributed by atoms with Gasteiger partial charge in [0, 0.05) is 12.7 Å². The van der Waals surface area contributed by atoms with Gasteiger partial charge in [0.05, 0.1) is 25.3 Å². The van der Waals surface area contributed by atoms with E-state index in [1.807, 2.05) is 48.5 Å². The number of amides is 2. The Morgan fingerprint density at radius 1 is 1.04 bits per heavy atom. The van der Waals surface area contributed by atoms with E-state index in [0.717, 1.165) is 11.3 Å². The van der Waals surface area contributed by atoms with Crippen molar-refractivity contribution in [2.24, 2.45) is 5.73 Å². The van der Waals surface area contributed by atoms with Gasteiger partial charge in [-0.2, -0.15) is 0 Å². The average molecular weight is 312 g/mol.